The highest BCUT2D eigenvalue weighted by atomic mass is 32.2. The van der Waals surface area contributed by atoms with Crippen molar-refractivity contribution >= 4 is 17.7 Å². The van der Waals surface area contributed by atoms with Crippen LogP contribution in [-0.4, -0.2) is 51.1 Å². The molecule has 1 aromatic rings. The minimum atomic E-state index is -0.706. The lowest BCUT2D eigenvalue weighted by molar-refractivity contribution is -0.142. The standard InChI is InChI=1S/C23H35FO5S/c1-2-16(23(27)28)6-4-3-5-7-20-21(26)12-13-22(20)30-15-18(25)14-29-19-10-8-17(24)9-11-19/h8-11,16,18,20-22,25-26H,2-7,12-15H2,1H3,(H,27,28). The van der Waals surface area contributed by atoms with E-state index in [2.05, 4.69) is 0 Å². The second kappa shape index (κ2) is 13.2. The van der Waals surface area contributed by atoms with Crippen molar-refractivity contribution in [2.24, 2.45) is 11.8 Å². The van der Waals surface area contributed by atoms with Gasteiger partial charge in [0, 0.05) is 11.0 Å². The molecule has 5 unspecified atom stereocenters. The highest BCUT2D eigenvalue weighted by Crippen LogP contribution is 2.38. The van der Waals surface area contributed by atoms with E-state index < -0.39 is 12.1 Å². The molecule has 1 fully saturated rings. The number of ether oxygens (including phenoxy) is 1. The molecule has 1 aliphatic rings. The average Bonchev–Trinajstić information content (AvgIpc) is 3.08. The van der Waals surface area contributed by atoms with Crippen molar-refractivity contribution in [1.82, 2.24) is 0 Å². The topological polar surface area (TPSA) is 87.0 Å². The highest BCUT2D eigenvalue weighted by Gasteiger charge is 2.35. The first-order chi connectivity index (χ1) is 14.4. The molecule has 1 saturated carbocycles. The van der Waals surface area contributed by atoms with Gasteiger partial charge in [-0.05, 0) is 62.3 Å². The fourth-order valence-electron chi connectivity index (χ4n) is 4.05. The van der Waals surface area contributed by atoms with Crippen LogP contribution in [0.25, 0.3) is 0 Å². The summed E-state index contributed by atoms with van der Waals surface area (Å²) in [6.07, 6.45) is 6.03. The van der Waals surface area contributed by atoms with Crippen LogP contribution in [0.4, 0.5) is 4.39 Å². The molecule has 0 bridgehead atoms. The lowest BCUT2D eigenvalue weighted by Gasteiger charge is -2.23. The molecule has 0 radical (unpaired) electrons. The van der Waals surface area contributed by atoms with E-state index in [1.54, 1.807) is 11.8 Å². The number of aliphatic hydroxyl groups excluding tert-OH is 2. The minimum Gasteiger partial charge on any atom is -0.491 e. The van der Waals surface area contributed by atoms with Crippen LogP contribution >= 0.6 is 11.8 Å². The van der Waals surface area contributed by atoms with Crippen molar-refractivity contribution in [2.75, 3.05) is 12.4 Å². The van der Waals surface area contributed by atoms with Gasteiger partial charge in [0.05, 0.1) is 18.1 Å². The van der Waals surface area contributed by atoms with E-state index in [9.17, 15) is 19.4 Å². The van der Waals surface area contributed by atoms with Gasteiger partial charge in [-0.2, -0.15) is 11.8 Å². The number of unbranched alkanes of at least 4 members (excludes halogenated alkanes) is 2. The van der Waals surface area contributed by atoms with Crippen molar-refractivity contribution < 1.29 is 29.2 Å². The zero-order valence-corrected chi connectivity index (χ0v) is 18.5. The zero-order valence-electron chi connectivity index (χ0n) is 17.7. The Bertz CT molecular complexity index is 627. The molecule has 0 spiro atoms. The number of benzene rings is 1. The van der Waals surface area contributed by atoms with Gasteiger partial charge >= 0.3 is 5.97 Å². The van der Waals surface area contributed by atoms with Gasteiger partial charge in [0.1, 0.15) is 18.2 Å². The number of aliphatic hydroxyl groups is 2. The van der Waals surface area contributed by atoms with Crippen LogP contribution in [0.1, 0.15) is 58.3 Å². The molecule has 0 aromatic heterocycles. The number of hydrogen-bond donors (Lipinski definition) is 3. The summed E-state index contributed by atoms with van der Waals surface area (Å²) < 4.78 is 18.4. The number of halogens is 1. The first-order valence-corrected chi connectivity index (χ1v) is 12.0. The molecule has 1 aromatic carbocycles. The Morgan fingerprint density at radius 3 is 2.63 bits per heavy atom. The Labute approximate surface area is 183 Å². The predicted molar refractivity (Wildman–Crippen MR) is 117 cm³/mol. The quantitative estimate of drug-likeness (QED) is 0.368. The second-order valence-corrected chi connectivity index (χ2v) is 9.45. The summed E-state index contributed by atoms with van der Waals surface area (Å²) in [6, 6.07) is 5.73. The number of carbonyl (C=O) groups is 1. The Morgan fingerprint density at radius 2 is 1.97 bits per heavy atom. The van der Waals surface area contributed by atoms with Crippen LogP contribution < -0.4 is 4.74 Å². The molecule has 5 nitrogen and oxygen atoms in total. The van der Waals surface area contributed by atoms with Crippen LogP contribution in [0, 0.1) is 17.7 Å². The van der Waals surface area contributed by atoms with Gasteiger partial charge in [-0.1, -0.05) is 26.2 Å². The van der Waals surface area contributed by atoms with Gasteiger partial charge in [-0.25, -0.2) is 4.39 Å². The Kier molecular flexibility index (Phi) is 11.0. The minimum absolute atomic E-state index is 0.154. The summed E-state index contributed by atoms with van der Waals surface area (Å²) >= 11 is 1.69. The summed E-state index contributed by atoms with van der Waals surface area (Å²) in [5.74, 6) is 0.0123. The summed E-state index contributed by atoms with van der Waals surface area (Å²) in [4.78, 5) is 11.1. The summed E-state index contributed by atoms with van der Waals surface area (Å²) in [6.45, 7) is 2.06. The van der Waals surface area contributed by atoms with Crippen LogP contribution in [0.2, 0.25) is 0 Å². The van der Waals surface area contributed by atoms with Gasteiger partial charge in [0.15, 0.2) is 0 Å². The summed E-state index contributed by atoms with van der Waals surface area (Å²) in [7, 11) is 0. The average molecular weight is 443 g/mol. The van der Waals surface area contributed by atoms with Crippen molar-refractivity contribution in [1.29, 1.82) is 0 Å². The molecule has 30 heavy (non-hydrogen) atoms. The molecule has 170 valence electrons. The molecular formula is C23H35FO5S. The third-order valence-electron chi connectivity index (χ3n) is 5.91. The third-order valence-corrected chi connectivity index (χ3v) is 7.50. The lowest BCUT2D eigenvalue weighted by atomic mass is 9.94. The fourth-order valence-corrected chi connectivity index (χ4v) is 5.48. The molecule has 0 heterocycles. The van der Waals surface area contributed by atoms with Crippen LogP contribution in [0.3, 0.4) is 0 Å². The second-order valence-electron chi connectivity index (χ2n) is 8.18. The van der Waals surface area contributed by atoms with Crippen molar-refractivity contribution in [3.05, 3.63) is 30.1 Å². The highest BCUT2D eigenvalue weighted by molar-refractivity contribution is 7.99. The van der Waals surface area contributed by atoms with Crippen LogP contribution in [0.15, 0.2) is 24.3 Å². The van der Waals surface area contributed by atoms with E-state index in [-0.39, 0.29) is 30.4 Å². The normalized spacial score (nSPS) is 23.3. The van der Waals surface area contributed by atoms with Gasteiger partial charge in [0.25, 0.3) is 0 Å². The molecule has 0 saturated heterocycles. The van der Waals surface area contributed by atoms with Crippen molar-refractivity contribution in [3.8, 4) is 5.75 Å². The van der Waals surface area contributed by atoms with Crippen molar-refractivity contribution in [2.45, 2.75) is 75.7 Å². The van der Waals surface area contributed by atoms with Gasteiger partial charge in [-0.15, -0.1) is 0 Å². The zero-order chi connectivity index (χ0) is 21.9. The summed E-state index contributed by atoms with van der Waals surface area (Å²) in [5, 5.41) is 30.0. The summed E-state index contributed by atoms with van der Waals surface area (Å²) in [5.41, 5.74) is 0. The van der Waals surface area contributed by atoms with Crippen LogP contribution in [0.5, 0.6) is 5.75 Å². The Morgan fingerprint density at radius 1 is 1.23 bits per heavy atom. The maximum atomic E-state index is 12.9. The van der Waals surface area contributed by atoms with Gasteiger partial charge in [0.2, 0.25) is 0 Å². The van der Waals surface area contributed by atoms with Crippen molar-refractivity contribution in [3.63, 3.8) is 0 Å². The molecule has 5 atom stereocenters. The van der Waals surface area contributed by atoms with E-state index in [4.69, 9.17) is 9.84 Å². The fraction of sp³-hybridized carbons (Fsp3) is 0.696. The predicted octanol–water partition coefficient (Wildman–Crippen LogP) is 4.50. The maximum Gasteiger partial charge on any atom is 0.306 e. The smallest absolute Gasteiger partial charge is 0.306 e. The Hall–Kier alpha value is -1.31. The van der Waals surface area contributed by atoms with E-state index in [1.165, 1.54) is 24.3 Å². The molecule has 0 amide bonds. The van der Waals surface area contributed by atoms with E-state index in [0.717, 1.165) is 44.9 Å². The monoisotopic (exact) mass is 442 g/mol. The van der Waals surface area contributed by atoms with E-state index in [1.807, 2.05) is 6.92 Å². The molecule has 1 aliphatic carbocycles. The number of thioether (sulfide) groups is 1. The maximum absolute atomic E-state index is 12.9. The number of aliphatic carboxylic acids is 1. The van der Waals surface area contributed by atoms with Crippen LogP contribution in [-0.2, 0) is 4.79 Å². The van der Waals surface area contributed by atoms with Gasteiger partial charge < -0.3 is 20.1 Å². The SMILES string of the molecule is CCC(CCCCCC1C(O)CCC1SCC(O)COc1ccc(F)cc1)C(=O)O. The number of rotatable bonds is 14. The number of hydrogen-bond acceptors (Lipinski definition) is 5. The van der Waals surface area contributed by atoms with Gasteiger partial charge in [-0.3, -0.25) is 4.79 Å². The largest absolute Gasteiger partial charge is 0.491 e. The van der Waals surface area contributed by atoms with E-state index >= 15 is 0 Å². The first-order valence-electron chi connectivity index (χ1n) is 11.0. The molecule has 2 rings (SSSR count). The molecule has 7 heteroatoms. The Balaban J connectivity index is 1.65. The lowest BCUT2D eigenvalue weighted by Crippen LogP contribution is -2.25. The molecule has 3 N–H and O–H groups in total. The molecule has 0 aliphatic heterocycles. The molecular weight excluding hydrogens is 407 g/mol. The number of carboxylic acid groups (broad SMARTS) is 1. The third kappa shape index (κ3) is 8.44. The number of carboxylic acids is 1. The van der Waals surface area contributed by atoms with E-state index in [0.29, 0.717) is 23.2 Å². The first kappa shape index (κ1) is 25.0.